The van der Waals surface area contributed by atoms with E-state index in [2.05, 4.69) is 5.10 Å². The Morgan fingerprint density at radius 3 is 2.82 bits per heavy atom. The number of aromatic nitrogens is 1. The lowest BCUT2D eigenvalue weighted by Gasteiger charge is -2.28. The monoisotopic (exact) mass is 337 g/mol. The Kier molecular flexibility index (Phi) is 3.56. The Bertz CT molecular complexity index is 858. The number of fused-ring (bicyclic) bond motifs is 3. The molecule has 0 radical (unpaired) electrons. The van der Waals surface area contributed by atoms with Gasteiger partial charge in [-0.15, -0.1) is 11.3 Å². The van der Waals surface area contributed by atoms with Crippen molar-refractivity contribution in [2.75, 3.05) is 6.54 Å². The molecule has 0 aromatic carbocycles. The van der Waals surface area contributed by atoms with Gasteiger partial charge in [-0.3, -0.25) is 9.36 Å². The number of carboxylic acid groups (broad SMARTS) is 1. The molecule has 0 spiro atoms. The molecular weight excluding hydrogens is 326 g/mol. The van der Waals surface area contributed by atoms with Crippen molar-refractivity contribution in [3.8, 4) is 0 Å². The van der Waals surface area contributed by atoms with Gasteiger partial charge in [0.15, 0.2) is 11.6 Å². The summed E-state index contributed by atoms with van der Waals surface area (Å²) < 4.78 is 3.41. The third kappa shape index (κ3) is 2.23. The summed E-state index contributed by atoms with van der Waals surface area (Å²) in [6, 6.07) is 3.64. The summed E-state index contributed by atoms with van der Waals surface area (Å²) in [6.45, 7) is 3.52. The van der Waals surface area contributed by atoms with Crippen LogP contribution in [0, 0.1) is 5.92 Å². The summed E-state index contributed by atoms with van der Waals surface area (Å²) in [5, 5.41) is 14.5. The standard InChI is InChI=1S/C14H12ClN3O3S/c1-7(2)14-16-17(5-13(20)21)10(6-19)8-3-11-9(18(8)14)4-12(15)22-11/h3-4,7H,5H2,1-2H3,(H,20,21). The first-order valence-electron chi connectivity index (χ1n) is 6.56. The second kappa shape index (κ2) is 5.28. The molecule has 8 heteroatoms. The average molecular weight is 338 g/mol. The van der Waals surface area contributed by atoms with E-state index < -0.39 is 5.97 Å². The number of halogens is 1. The topological polar surface area (TPSA) is 74.9 Å². The van der Waals surface area contributed by atoms with E-state index in [1.165, 1.54) is 16.3 Å². The van der Waals surface area contributed by atoms with Crippen molar-refractivity contribution in [2.24, 2.45) is 11.0 Å². The van der Waals surface area contributed by atoms with E-state index in [1.54, 1.807) is 0 Å². The lowest BCUT2D eigenvalue weighted by Crippen LogP contribution is -2.35. The molecule has 0 fully saturated rings. The maximum atomic E-state index is 11.4. The minimum absolute atomic E-state index is 0.0394. The predicted octanol–water partition coefficient (Wildman–Crippen LogP) is 2.75. The van der Waals surface area contributed by atoms with E-state index in [4.69, 9.17) is 16.7 Å². The van der Waals surface area contributed by atoms with Crippen molar-refractivity contribution in [3.05, 3.63) is 22.2 Å². The van der Waals surface area contributed by atoms with Crippen molar-refractivity contribution >= 4 is 56.6 Å². The number of rotatable bonds is 3. The molecule has 114 valence electrons. The highest BCUT2D eigenvalue weighted by molar-refractivity contribution is 7.22. The zero-order valence-corrected chi connectivity index (χ0v) is 13.4. The summed E-state index contributed by atoms with van der Waals surface area (Å²) in [5.74, 6) is 1.45. The van der Waals surface area contributed by atoms with Gasteiger partial charge in [0.2, 0.25) is 0 Å². The molecule has 3 heterocycles. The Morgan fingerprint density at radius 2 is 2.23 bits per heavy atom. The maximum absolute atomic E-state index is 11.4. The summed E-state index contributed by atoms with van der Waals surface area (Å²) in [4.78, 5) is 22.4. The molecule has 1 aliphatic rings. The fourth-order valence-electron chi connectivity index (χ4n) is 2.45. The van der Waals surface area contributed by atoms with Crippen LogP contribution in [0.3, 0.4) is 0 Å². The van der Waals surface area contributed by atoms with Crippen LogP contribution in [0.4, 0.5) is 0 Å². The molecule has 2 aromatic heterocycles. The van der Waals surface area contributed by atoms with Crippen LogP contribution in [0.15, 0.2) is 17.2 Å². The highest BCUT2D eigenvalue weighted by atomic mass is 35.5. The number of thiophene rings is 1. The molecule has 0 atom stereocenters. The first-order chi connectivity index (χ1) is 10.4. The van der Waals surface area contributed by atoms with Gasteiger partial charge in [0.25, 0.3) is 0 Å². The number of carboxylic acids is 1. The lowest BCUT2D eigenvalue weighted by atomic mass is 10.1. The molecule has 22 heavy (non-hydrogen) atoms. The van der Waals surface area contributed by atoms with E-state index in [1.807, 2.05) is 36.5 Å². The lowest BCUT2D eigenvalue weighted by molar-refractivity contribution is -0.137. The van der Waals surface area contributed by atoms with Gasteiger partial charge < -0.3 is 5.11 Å². The van der Waals surface area contributed by atoms with Gasteiger partial charge in [-0.05, 0) is 12.1 Å². The molecule has 1 N–H and O–H groups in total. The zero-order valence-electron chi connectivity index (χ0n) is 11.8. The highest BCUT2D eigenvalue weighted by Gasteiger charge is 2.30. The molecular formula is C14H12ClN3O3S. The Morgan fingerprint density at radius 1 is 1.50 bits per heavy atom. The van der Waals surface area contributed by atoms with Crippen molar-refractivity contribution in [3.63, 3.8) is 0 Å². The van der Waals surface area contributed by atoms with Crippen LogP contribution >= 0.6 is 22.9 Å². The van der Waals surface area contributed by atoms with E-state index in [-0.39, 0.29) is 18.2 Å². The summed E-state index contributed by atoms with van der Waals surface area (Å²) >= 11 is 7.45. The van der Waals surface area contributed by atoms with Crippen molar-refractivity contribution in [1.29, 1.82) is 0 Å². The zero-order chi connectivity index (χ0) is 16.0. The van der Waals surface area contributed by atoms with Gasteiger partial charge >= 0.3 is 5.97 Å². The van der Waals surface area contributed by atoms with E-state index in [0.717, 1.165) is 10.2 Å². The Hall–Kier alpha value is -2.08. The number of hydrazone groups is 1. The van der Waals surface area contributed by atoms with Crippen LogP contribution in [0.2, 0.25) is 4.34 Å². The molecule has 1 aliphatic heterocycles. The average Bonchev–Trinajstić information content (AvgIpc) is 2.92. The first kappa shape index (κ1) is 14.8. The summed E-state index contributed by atoms with van der Waals surface area (Å²) in [5.41, 5.74) is 1.57. The third-order valence-electron chi connectivity index (χ3n) is 3.31. The fraction of sp³-hybridized carbons (Fsp3) is 0.286. The van der Waals surface area contributed by atoms with Gasteiger partial charge in [-0.1, -0.05) is 25.4 Å². The molecule has 0 unspecified atom stereocenters. The number of aliphatic carboxylic acids is 1. The molecule has 6 nitrogen and oxygen atoms in total. The van der Waals surface area contributed by atoms with Gasteiger partial charge in [-0.25, -0.2) is 9.80 Å². The summed E-state index contributed by atoms with van der Waals surface area (Å²) in [6.07, 6.45) is 0. The van der Waals surface area contributed by atoms with E-state index >= 15 is 0 Å². The largest absolute Gasteiger partial charge is 0.480 e. The van der Waals surface area contributed by atoms with Crippen LogP contribution in [-0.2, 0) is 9.59 Å². The summed E-state index contributed by atoms with van der Waals surface area (Å²) in [7, 11) is 0. The number of hydrogen-bond acceptors (Lipinski definition) is 5. The molecule has 2 aromatic rings. The van der Waals surface area contributed by atoms with Crippen LogP contribution < -0.4 is 0 Å². The van der Waals surface area contributed by atoms with Gasteiger partial charge in [0, 0.05) is 5.92 Å². The van der Waals surface area contributed by atoms with Gasteiger partial charge in [0.1, 0.15) is 12.4 Å². The molecule has 0 saturated heterocycles. The second-order valence-corrected chi connectivity index (χ2v) is 6.90. The highest BCUT2D eigenvalue weighted by Crippen LogP contribution is 2.37. The quantitative estimate of drug-likeness (QED) is 0.874. The van der Waals surface area contributed by atoms with Gasteiger partial charge in [-0.2, -0.15) is 5.10 Å². The SMILES string of the molecule is CC(C)C1=NN(CC(=O)O)C(=C=O)c2cc3sc(Cl)cc3n21. The maximum Gasteiger partial charge on any atom is 0.325 e. The molecule has 0 aliphatic carbocycles. The van der Waals surface area contributed by atoms with Crippen LogP contribution in [0.25, 0.3) is 15.9 Å². The smallest absolute Gasteiger partial charge is 0.325 e. The third-order valence-corrected chi connectivity index (χ3v) is 4.51. The van der Waals surface area contributed by atoms with Crippen molar-refractivity contribution in [1.82, 2.24) is 9.58 Å². The van der Waals surface area contributed by atoms with E-state index in [0.29, 0.717) is 15.9 Å². The number of carbonyl (C=O) groups is 1. The molecule has 0 bridgehead atoms. The second-order valence-electron chi connectivity index (χ2n) is 5.18. The normalized spacial score (nSPS) is 14.3. The number of nitrogens with zero attached hydrogens (tertiary/aromatic N) is 3. The molecule has 0 amide bonds. The van der Waals surface area contributed by atoms with E-state index in [9.17, 15) is 9.59 Å². The van der Waals surface area contributed by atoms with Crippen LogP contribution in [-0.4, -0.2) is 39.0 Å². The molecule has 0 saturated carbocycles. The fourth-order valence-corrected chi connectivity index (χ4v) is 3.61. The van der Waals surface area contributed by atoms with Crippen molar-refractivity contribution < 1.29 is 14.7 Å². The predicted molar refractivity (Wildman–Crippen MR) is 85.9 cm³/mol. The molecule has 3 rings (SSSR count). The van der Waals surface area contributed by atoms with Crippen LogP contribution in [0.5, 0.6) is 0 Å². The Balaban J connectivity index is 2.28. The number of carbonyl (C=O) groups excluding carboxylic acids is 1. The Labute approximate surface area is 134 Å². The van der Waals surface area contributed by atoms with Crippen molar-refractivity contribution in [2.45, 2.75) is 13.8 Å². The van der Waals surface area contributed by atoms with Gasteiger partial charge in [0.05, 0.1) is 20.2 Å². The first-order valence-corrected chi connectivity index (χ1v) is 7.76. The van der Waals surface area contributed by atoms with Crippen LogP contribution in [0.1, 0.15) is 19.5 Å². The minimum atomic E-state index is -1.07. The number of hydrogen-bond donors (Lipinski definition) is 1. The minimum Gasteiger partial charge on any atom is -0.480 e.